The Morgan fingerprint density at radius 1 is 1.50 bits per heavy atom. The predicted octanol–water partition coefficient (Wildman–Crippen LogP) is 2.81. The number of aryl methyl sites for hydroxylation is 1. The van der Waals surface area contributed by atoms with Crippen LogP contribution in [0.15, 0.2) is 12.4 Å². The van der Waals surface area contributed by atoms with Gasteiger partial charge in [0.2, 0.25) is 0 Å². The van der Waals surface area contributed by atoms with Crippen LogP contribution in [0.3, 0.4) is 0 Å². The lowest BCUT2D eigenvalue weighted by atomic mass is 10.2. The third kappa shape index (κ3) is 2.10. The fourth-order valence-corrected chi connectivity index (χ4v) is 1.34. The SMILES string of the molecule is CCCCn1ccnc1C(C)C. The molecule has 1 rings (SSSR count). The van der Waals surface area contributed by atoms with Crippen molar-refractivity contribution in [2.24, 2.45) is 0 Å². The van der Waals surface area contributed by atoms with E-state index in [2.05, 4.69) is 36.5 Å². The Kier molecular flexibility index (Phi) is 3.32. The van der Waals surface area contributed by atoms with Crippen LogP contribution in [0.25, 0.3) is 0 Å². The number of hydrogen-bond acceptors (Lipinski definition) is 1. The van der Waals surface area contributed by atoms with Gasteiger partial charge in [-0.05, 0) is 6.42 Å². The van der Waals surface area contributed by atoms with Gasteiger partial charge in [0.05, 0.1) is 0 Å². The molecule has 0 fully saturated rings. The molecule has 0 aliphatic rings. The van der Waals surface area contributed by atoms with Crippen molar-refractivity contribution in [1.82, 2.24) is 9.55 Å². The van der Waals surface area contributed by atoms with Crippen molar-refractivity contribution in [3.8, 4) is 0 Å². The highest BCUT2D eigenvalue weighted by Gasteiger charge is 2.05. The van der Waals surface area contributed by atoms with Crippen LogP contribution < -0.4 is 0 Å². The normalized spacial score (nSPS) is 11.0. The summed E-state index contributed by atoms with van der Waals surface area (Å²) in [4.78, 5) is 4.33. The molecule has 0 aliphatic heterocycles. The molecule has 1 aromatic rings. The molecule has 0 saturated heterocycles. The topological polar surface area (TPSA) is 17.8 Å². The molecule has 0 spiro atoms. The molecule has 0 amide bonds. The lowest BCUT2D eigenvalue weighted by Crippen LogP contribution is -2.04. The molecule has 0 N–H and O–H groups in total. The first-order valence-electron chi connectivity index (χ1n) is 4.76. The molecular weight excluding hydrogens is 148 g/mol. The van der Waals surface area contributed by atoms with Crippen LogP contribution in [-0.2, 0) is 6.54 Å². The van der Waals surface area contributed by atoms with Gasteiger partial charge in [-0.3, -0.25) is 0 Å². The Bertz CT molecular complexity index is 225. The summed E-state index contributed by atoms with van der Waals surface area (Å²) in [5, 5.41) is 0. The molecule has 0 atom stereocenters. The molecular formula is C10H18N2. The summed E-state index contributed by atoms with van der Waals surface area (Å²) in [6.45, 7) is 7.70. The minimum Gasteiger partial charge on any atom is -0.335 e. The van der Waals surface area contributed by atoms with Crippen molar-refractivity contribution >= 4 is 0 Å². The fraction of sp³-hybridized carbons (Fsp3) is 0.700. The number of hydrogen-bond donors (Lipinski definition) is 0. The quantitative estimate of drug-likeness (QED) is 0.672. The van der Waals surface area contributed by atoms with E-state index < -0.39 is 0 Å². The monoisotopic (exact) mass is 166 g/mol. The van der Waals surface area contributed by atoms with Gasteiger partial charge in [-0.25, -0.2) is 4.98 Å². The van der Waals surface area contributed by atoms with E-state index in [-0.39, 0.29) is 0 Å². The molecule has 0 aromatic carbocycles. The second kappa shape index (κ2) is 4.29. The van der Waals surface area contributed by atoms with Gasteiger partial charge in [0.25, 0.3) is 0 Å². The summed E-state index contributed by atoms with van der Waals surface area (Å²) in [5.74, 6) is 1.75. The fourth-order valence-electron chi connectivity index (χ4n) is 1.34. The lowest BCUT2D eigenvalue weighted by molar-refractivity contribution is 0.583. The number of rotatable bonds is 4. The van der Waals surface area contributed by atoms with Crippen molar-refractivity contribution in [3.05, 3.63) is 18.2 Å². The zero-order valence-electron chi connectivity index (χ0n) is 8.25. The molecule has 68 valence electrons. The summed E-state index contributed by atoms with van der Waals surface area (Å²) in [7, 11) is 0. The second-order valence-electron chi connectivity index (χ2n) is 3.49. The Labute approximate surface area is 74.6 Å². The maximum absolute atomic E-state index is 4.33. The zero-order valence-corrected chi connectivity index (χ0v) is 8.25. The van der Waals surface area contributed by atoms with E-state index >= 15 is 0 Å². The highest BCUT2D eigenvalue weighted by atomic mass is 15.1. The third-order valence-corrected chi connectivity index (χ3v) is 2.02. The molecule has 1 aromatic heterocycles. The number of imidazole rings is 1. The van der Waals surface area contributed by atoms with E-state index in [1.165, 1.54) is 18.7 Å². The van der Waals surface area contributed by atoms with E-state index in [0.717, 1.165) is 6.54 Å². The minimum absolute atomic E-state index is 0.539. The van der Waals surface area contributed by atoms with Crippen LogP contribution in [0, 0.1) is 0 Å². The molecule has 0 radical (unpaired) electrons. The first-order chi connectivity index (χ1) is 5.75. The van der Waals surface area contributed by atoms with Crippen molar-refractivity contribution in [2.75, 3.05) is 0 Å². The van der Waals surface area contributed by atoms with Gasteiger partial charge in [0.1, 0.15) is 5.82 Å². The van der Waals surface area contributed by atoms with Crippen LogP contribution in [-0.4, -0.2) is 9.55 Å². The van der Waals surface area contributed by atoms with Gasteiger partial charge in [0, 0.05) is 24.9 Å². The highest BCUT2D eigenvalue weighted by Crippen LogP contribution is 2.12. The third-order valence-electron chi connectivity index (χ3n) is 2.02. The van der Waals surface area contributed by atoms with Crippen LogP contribution in [0.5, 0.6) is 0 Å². The average molecular weight is 166 g/mol. The first kappa shape index (κ1) is 9.30. The largest absolute Gasteiger partial charge is 0.335 e. The van der Waals surface area contributed by atoms with Crippen LogP contribution in [0.1, 0.15) is 45.4 Å². The van der Waals surface area contributed by atoms with Crippen molar-refractivity contribution in [1.29, 1.82) is 0 Å². The van der Waals surface area contributed by atoms with E-state index in [1.807, 2.05) is 6.20 Å². The van der Waals surface area contributed by atoms with Gasteiger partial charge >= 0.3 is 0 Å². The number of aromatic nitrogens is 2. The lowest BCUT2D eigenvalue weighted by Gasteiger charge is -2.08. The maximum atomic E-state index is 4.33. The van der Waals surface area contributed by atoms with Crippen molar-refractivity contribution < 1.29 is 0 Å². The average Bonchev–Trinajstić information content (AvgIpc) is 2.48. The molecule has 0 unspecified atom stereocenters. The predicted molar refractivity (Wildman–Crippen MR) is 51.2 cm³/mol. The van der Waals surface area contributed by atoms with Gasteiger partial charge in [0.15, 0.2) is 0 Å². The van der Waals surface area contributed by atoms with Crippen molar-refractivity contribution in [3.63, 3.8) is 0 Å². The smallest absolute Gasteiger partial charge is 0.111 e. The van der Waals surface area contributed by atoms with Crippen molar-refractivity contribution in [2.45, 2.75) is 46.1 Å². The molecule has 2 nitrogen and oxygen atoms in total. The summed E-state index contributed by atoms with van der Waals surface area (Å²) in [6, 6.07) is 0. The molecule has 12 heavy (non-hydrogen) atoms. The van der Waals surface area contributed by atoms with E-state index in [9.17, 15) is 0 Å². The summed E-state index contributed by atoms with van der Waals surface area (Å²) >= 11 is 0. The summed E-state index contributed by atoms with van der Waals surface area (Å²) in [5.41, 5.74) is 0. The van der Waals surface area contributed by atoms with Gasteiger partial charge in [-0.2, -0.15) is 0 Å². The molecule has 1 heterocycles. The van der Waals surface area contributed by atoms with Crippen LogP contribution in [0.4, 0.5) is 0 Å². The van der Waals surface area contributed by atoms with Gasteiger partial charge < -0.3 is 4.57 Å². The Morgan fingerprint density at radius 2 is 2.25 bits per heavy atom. The van der Waals surface area contributed by atoms with Gasteiger partial charge in [-0.1, -0.05) is 27.2 Å². The molecule has 2 heteroatoms. The first-order valence-corrected chi connectivity index (χ1v) is 4.76. The summed E-state index contributed by atoms with van der Waals surface area (Å²) in [6.07, 6.45) is 6.46. The number of nitrogens with zero attached hydrogens (tertiary/aromatic N) is 2. The summed E-state index contributed by atoms with van der Waals surface area (Å²) < 4.78 is 2.26. The maximum Gasteiger partial charge on any atom is 0.111 e. The number of unbranched alkanes of at least 4 members (excludes halogenated alkanes) is 1. The van der Waals surface area contributed by atoms with Crippen LogP contribution >= 0.6 is 0 Å². The Morgan fingerprint density at radius 3 is 2.83 bits per heavy atom. The van der Waals surface area contributed by atoms with E-state index in [1.54, 1.807) is 0 Å². The minimum atomic E-state index is 0.539. The van der Waals surface area contributed by atoms with E-state index in [4.69, 9.17) is 0 Å². The molecule has 0 aliphatic carbocycles. The second-order valence-corrected chi connectivity index (χ2v) is 3.49. The van der Waals surface area contributed by atoms with Gasteiger partial charge in [-0.15, -0.1) is 0 Å². The molecule has 0 saturated carbocycles. The van der Waals surface area contributed by atoms with E-state index in [0.29, 0.717) is 5.92 Å². The van der Waals surface area contributed by atoms with Crippen LogP contribution in [0.2, 0.25) is 0 Å². The zero-order chi connectivity index (χ0) is 8.97. The highest BCUT2D eigenvalue weighted by molar-refractivity contribution is 4.97. The standard InChI is InChI=1S/C10H18N2/c1-4-5-7-12-8-6-11-10(12)9(2)3/h6,8-9H,4-5,7H2,1-3H3. The molecule has 0 bridgehead atoms. The Hall–Kier alpha value is -0.790. The Balaban J connectivity index is 2.64.